The Morgan fingerprint density at radius 2 is 1.19 bits per heavy atom. The first-order valence-electron chi connectivity index (χ1n) is 20.5. The number of ether oxygens (including phenoxy) is 7. The van der Waals surface area contributed by atoms with Crippen LogP contribution in [0.3, 0.4) is 0 Å². The van der Waals surface area contributed by atoms with Gasteiger partial charge in [0.2, 0.25) is 0 Å². The number of hydrogen-bond acceptors (Lipinski definition) is 13. The number of carbonyl (C=O) groups is 6. The summed E-state index contributed by atoms with van der Waals surface area (Å²) in [5.41, 5.74) is -4.72. The van der Waals surface area contributed by atoms with Gasteiger partial charge in [-0.25, -0.2) is 9.59 Å². The minimum Gasteiger partial charge on any atom is -0.465 e. The maximum absolute atomic E-state index is 14.3. The molecule has 1 spiro atoms. The lowest BCUT2D eigenvalue weighted by Gasteiger charge is -2.64. The van der Waals surface area contributed by atoms with Crippen LogP contribution in [0.2, 0.25) is 0 Å². The fourth-order valence-electron chi connectivity index (χ4n) is 9.62. The molecule has 3 aliphatic rings. The van der Waals surface area contributed by atoms with Gasteiger partial charge in [-0.15, -0.1) is 0 Å². The molecule has 9 atom stereocenters. The second-order valence-corrected chi connectivity index (χ2v) is 16.4. The molecule has 3 fully saturated rings. The van der Waals surface area contributed by atoms with Crippen LogP contribution in [-0.4, -0.2) is 84.1 Å². The Morgan fingerprint density at radius 3 is 1.74 bits per heavy atom. The Bertz CT molecular complexity index is 1780. The van der Waals surface area contributed by atoms with Crippen LogP contribution in [0, 0.1) is 17.3 Å². The molecule has 2 saturated carbocycles. The lowest BCUT2D eigenvalue weighted by Crippen LogP contribution is -2.81. The van der Waals surface area contributed by atoms with E-state index < -0.39 is 101 Å². The molecule has 13 heteroatoms. The third-order valence-corrected chi connectivity index (χ3v) is 11.9. The second kappa shape index (κ2) is 18.9. The van der Waals surface area contributed by atoms with Gasteiger partial charge in [0, 0.05) is 27.2 Å². The maximum atomic E-state index is 14.3. The van der Waals surface area contributed by atoms with Crippen LogP contribution in [0.5, 0.6) is 0 Å². The molecule has 5 rings (SSSR count). The van der Waals surface area contributed by atoms with Crippen LogP contribution in [0.15, 0.2) is 60.7 Å². The van der Waals surface area contributed by atoms with E-state index in [0.717, 1.165) is 38.5 Å². The molecule has 0 amide bonds. The van der Waals surface area contributed by atoms with E-state index in [4.69, 9.17) is 33.2 Å². The Hall–Kier alpha value is -4.78. The lowest BCUT2D eigenvalue weighted by molar-refractivity contribution is -0.328. The molecular weight excluding hydrogens is 748 g/mol. The summed E-state index contributed by atoms with van der Waals surface area (Å²) in [6.07, 6.45) is -0.0903. The zero-order valence-electron chi connectivity index (χ0n) is 34.7. The molecule has 9 unspecified atom stereocenters. The van der Waals surface area contributed by atoms with Crippen molar-refractivity contribution in [3.05, 3.63) is 71.8 Å². The summed E-state index contributed by atoms with van der Waals surface area (Å²) < 4.78 is 44.6. The Balaban J connectivity index is 1.72. The molecule has 0 N–H and O–H groups in total. The third-order valence-electron chi connectivity index (χ3n) is 11.9. The quantitative estimate of drug-likeness (QED) is 0.0902. The fraction of sp³-hybridized carbons (Fsp3) is 0.600. The second-order valence-electron chi connectivity index (χ2n) is 16.4. The third kappa shape index (κ3) is 9.09. The highest BCUT2D eigenvalue weighted by Crippen LogP contribution is 2.68. The molecule has 1 saturated heterocycles. The first-order chi connectivity index (χ1) is 27.6. The summed E-state index contributed by atoms with van der Waals surface area (Å²) in [5, 5.41) is 0. The molecule has 2 bridgehead atoms. The maximum Gasteiger partial charge on any atom is 0.338 e. The van der Waals surface area contributed by atoms with Crippen LogP contribution >= 0.6 is 0 Å². The summed E-state index contributed by atoms with van der Waals surface area (Å²) in [6, 6.07) is 16.3. The van der Waals surface area contributed by atoms with E-state index in [1.807, 2.05) is 6.92 Å². The SMILES string of the molecule is CCCCCCCCCC(=O)OC1CC(C)C23OC(C)(C)C(C(OC(=O)c4ccccc4)C(OC(C)=O)C2(COC(C)=O)C1OC(=O)c1ccccc1)C3OC(C)=O. The summed E-state index contributed by atoms with van der Waals surface area (Å²) in [7, 11) is 0. The van der Waals surface area contributed by atoms with Crippen molar-refractivity contribution in [2.45, 2.75) is 148 Å². The van der Waals surface area contributed by atoms with Crippen molar-refractivity contribution in [2.75, 3.05) is 6.61 Å². The van der Waals surface area contributed by atoms with Crippen LogP contribution in [0.25, 0.3) is 0 Å². The van der Waals surface area contributed by atoms with Crippen molar-refractivity contribution < 1.29 is 61.9 Å². The molecule has 2 aromatic carbocycles. The zero-order chi connectivity index (χ0) is 42.3. The molecule has 0 radical (unpaired) electrons. The number of fused-ring (bicyclic) bond motifs is 1. The van der Waals surface area contributed by atoms with Crippen LogP contribution in [0.1, 0.15) is 127 Å². The van der Waals surface area contributed by atoms with E-state index in [2.05, 4.69) is 6.92 Å². The highest BCUT2D eigenvalue weighted by molar-refractivity contribution is 5.90. The van der Waals surface area contributed by atoms with Gasteiger partial charge >= 0.3 is 35.8 Å². The summed E-state index contributed by atoms with van der Waals surface area (Å²) in [4.78, 5) is 81.5. The fourth-order valence-corrected chi connectivity index (χ4v) is 9.62. The van der Waals surface area contributed by atoms with Gasteiger partial charge in [-0.1, -0.05) is 88.8 Å². The Morgan fingerprint density at radius 1 is 0.655 bits per heavy atom. The number of unbranched alkanes of at least 4 members (excludes halogenated alkanes) is 6. The number of esters is 6. The van der Waals surface area contributed by atoms with Gasteiger partial charge in [0.25, 0.3) is 0 Å². The van der Waals surface area contributed by atoms with Gasteiger partial charge < -0.3 is 33.2 Å². The van der Waals surface area contributed by atoms with Crippen molar-refractivity contribution >= 4 is 35.8 Å². The molecule has 2 aliphatic carbocycles. The van der Waals surface area contributed by atoms with Crippen molar-refractivity contribution in [1.82, 2.24) is 0 Å². The Labute approximate surface area is 340 Å². The van der Waals surface area contributed by atoms with Crippen molar-refractivity contribution in [2.24, 2.45) is 17.3 Å². The highest BCUT2D eigenvalue weighted by Gasteiger charge is 2.86. The molecular formula is C45H58O13. The normalized spacial score (nSPS) is 29.3. The van der Waals surface area contributed by atoms with E-state index in [1.54, 1.807) is 74.5 Å². The van der Waals surface area contributed by atoms with Gasteiger partial charge in [-0.05, 0) is 56.9 Å². The minimum absolute atomic E-state index is 0.0408. The van der Waals surface area contributed by atoms with Crippen molar-refractivity contribution in [3.8, 4) is 0 Å². The molecule has 0 aromatic heterocycles. The standard InChI is InChI=1S/C45H58O13/c1-8-9-10-11-12-13-20-25-35(49)55-34-26-28(2)45-39(53-30(4)47)36(43(6,7)58-45)37(56-41(50)32-21-16-14-17-22-32)40(54-31(5)48)44(45,27-52-29(3)46)38(34)57-42(51)33-23-18-15-19-24-33/h14-19,21-24,28,34,36-40H,8-13,20,25-27H2,1-7H3. The average Bonchev–Trinajstić information content (AvgIpc) is 3.37. The van der Waals surface area contributed by atoms with Crippen LogP contribution < -0.4 is 0 Å². The van der Waals surface area contributed by atoms with E-state index in [0.29, 0.717) is 6.42 Å². The zero-order valence-corrected chi connectivity index (χ0v) is 34.7. The molecule has 13 nitrogen and oxygen atoms in total. The molecule has 316 valence electrons. The summed E-state index contributed by atoms with van der Waals surface area (Å²) >= 11 is 0. The first kappa shape index (κ1) is 44.3. The largest absolute Gasteiger partial charge is 0.465 e. The molecule has 2 aromatic rings. The van der Waals surface area contributed by atoms with Crippen molar-refractivity contribution in [1.29, 1.82) is 0 Å². The van der Waals surface area contributed by atoms with E-state index >= 15 is 0 Å². The number of carbonyl (C=O) groups excluding carboxylic acids is 6. The van der Waals surface area contributed by atoms with Gasteiger partial charge in [-0.3, -0.25) is 19.2 Å². The highest BCUT2D eigenvalue weighted by atomic mass is 16.6. The predicted molar refractivity (Wildman–Crippen MR) is 209 cm³/mol. The summed E-state index contributed by atoms with van der Waals surface area (Å²) in [6.45, 7) is 10.4. The van der Waals surface area contributed by atoms with Gasteiger partial charge in [0.1, 0.15) is 35.9 Å². The van der Waals surface area contributed by atoms with Gasteiger partial charge in [0.15, 0.2) is 12.2 Å². The summed E-state index contributed by atoms with van der Waals surface area (Å²) in [5.74, 6) is -6.07. The molecule has 1 heterocycles. The first-order valence-corrected chi connectivity index (χ1v) is 20.5. The van der Waals surface area contributed by atoms with E-state index in [-0.39, 0.29) is 24.0 Å². The number of rotatable bonds is 17. The van der Waals surface area contributed by atoms with Crippen molar-refractivity contribution in [3.63, 3.8) is 0 Å². The average molecular weight is 807 g/mol. The van der Waals surface area contributed by atoms with Gasteiger partial charge in [-0.2, -0.15) is 0 Å². The molecule has 58 heavy (non-hydrogen) atoms. The topological polar surface area (TPSA) is 167 Å². The van der Waals surface area contributed by atoms with Crippen LogP contribution in [0.4, 0.5) is 0 Å². The molecule has 1 aliphatic heterocycles. The number of hydrogen-bond donors (Lipinski definition) is 0. The monoisotopic (exact) mass is 806 g/mol. The predicted octanol–water partition coefficient (Wildman–Crippen LogP) is 7.12. The van der Waals surface area contributed by atoms with E-state index in [9.17, 15) is 28.8 Å². The Kier molecular flexibility index (Phi) is 14.4. The lowest BCUT2D eigenvalue weighted by atomic mass is 9.47. The smallest absolute Gasteiger partial charge is 0.338 e. The number of benzene rings is 2. The van der Waals surface area contributed by atoms with Crippen LogP contribution in [-0.2, 0) is 52.3 Å². The van der Waals surface area contributed by atoms with E-state index in [1.165, 1.54) is 20.8 Å². The van der Waals surface area contributed by atoms with Gasteiger partial charge in [0.05, 0.1) is 22.6 Å². The minimum atomic E-state index is -2.03.